The van der Waals surface area contributed by atoms with Gasteiger partial charge in [0.25, 0.3) is 0 Å². The Labute approximate surface area is 224 Å². The van der Waals surface area contributed by atoms with E-state index in [4.69, 9.17) is 4.74 Å². The highest BCUT2D eigenvalue weighted by Gasteiger charge is 2.24. The van der Waals surface area contributed by atoms with Crippen LogP contribution in [0.5, 0.6) is 0 Å². The second kappa shape index (κ2) is 21.9. The molecule has 216 valence electrons. The van der Waals surface area contributed by atoms with E-state index in [1.807, 2.05) is 41.5 Å². The molecule has 0 N–H and O–H groups in total. The molecular weight excluding hydrogens is 430 g/mol. The van der Waals surface area contributed by atoms with Crippen LogP contribution in [-0.4, -0.2) is 83.8 Å². The lowest BCUT2D eigenvalue weighted by Crippen LogP contribution is -2.47. The molecular formula is C31H71N3O. The minimum Gasteiger partial charge on any atom is -0.379 e. The minimum atomic E-state index is 0.323. The molecule has 4 nitrogen and oxygen atoms in total. The highest BCUT2D eigenvalue weighted by Crippen LogP contribution is 2.20. The zero-order valence-electron chi connectivity index (χ0n) is 27.4. The van der Waals surface area contributed by atoms with Crippen LogP contribution in [0, 0.1) is 0 Å². The van der Waals surface area contributed by atoms with Gasteiger partial charge >= 0.3 is 0 Å². The van der Waals surface area contributed by atoms with Crippen molar-refractivity contribution < 1.29 is 4.74 Å². The van der Waals surface area contributed by atoms with Crippen molar-refractivity contribution in [2.45, 2.75) is 153 Å². The maximum Gasteiger partial charge on any atom is 0.0594 e. The monoisotopic (exact) mass is 502 g/mol. The van der Waals surface area contributed by atoms with Crippen molar-refractivity contribution >= 4 is 0 Å². The number of piperidine rings is 1. The molecule has 0 aromatic heterocycles. The third-order valence-electron chi connectivity index (χ3n) is 6.32. The zero-order chi connectivity index (χ0) is 28.1. The average molecular weight is 502 g/mol. The number of likely N-dealkylation sites (tertiary alicyclic amines) is 2. The largest absolute Gasteiger partial charge is 0.379 e. The van der Waals surface area contributed by atoms with E-state index in [2.05, 4.69) is 77.0 Å². The number of hydrogen-bond acceptors (Lipinski definition) is 4. The van der Waals surface area contributed by atoms with Crippen molar-refractivity contribution in [3.8, 4) is 0 Å². The van der Waals surface area contributed by atoms with Crippen molar-refractivity contribution in [1.29, 1.82) is 0 Å². The van der Waals surface area contributed by atoms with Crippen LogP contribution in [0.4, 0.5) is 0 Å². The second-order valence-corrected chi connectivity index (χ2v) is 11.9. The first-order valence-corrected chi connectivity index (χ1v) is 15.1. The van der Waals surface area contributed by atoms with Gasteiger partial charge in [-0.15, -0.1) is 0 Å². The fourth-order valence-electron chi connectivity index (χ4n) is 4.19. The number of rotatable bonds is 0. The summed E-state index contributed by atoms with van der Waals surface area (Å²) in [6, 6.07) is 0. The van der Waals surface area contributed by atoms with Crippen molar-refractivity contribution in [3.05, 3.63) is 0 Å². The Morgan fingerprint density at radius 2 is 0.600 bits per heavy atom. The summed E-state index contributed by atoms with van der Waals surface area (Å²) in [6.07, 6.45) is 7.04. The molecule has 3 aliphatic heterocycles. The topological polar surface area (TPSA) is 19.0 Å². The van der Waals surface area contributed by atoms with Crippen molar-refractivity contribution in [1.82, 2.24) is 14.7 Å². The number of ether oxygens (including phenoxy) is 1. The highest BCUT2D eigenvalue weighted by atomic mass is 16.5. The highest BCUT2D eigenvalue weighted by molar-refractivity contribution is 4.80. The maximum absolute atomic E-state index is 5.25. The fourth-order valence-corrected chi connectivity index (χ4v) is 4.19. The summed E-state index contributed by atoms with van der Waals surface area (Å²) in [4.78, 5) is 7.58. The van der Waals surface area contributed by atoms with Gasteiger partial charge < -0.3 is 4.74 Å². The van der Waals surface area contributed by atoms with Crippen LogP contribution < -0.4 is 0 Å². The van der Waals surface area contributed by atoms with E-state index < -0.39 is 0 Å². The van der Waals surface area contributed by atoms with Gasteiger partial charge in [0, 0.05) is 29.7 Å². The predicted octanol–water partition coefficient (Wildman–Crippen LogP) is 8.35. The lowest BCUT2D eigenvalue weighted by Gasteiger charge is -2.38. The van der Waals surface area contributed by atoms with Gasteiger partial charge in [-0.3, -0.25) is 14.7 Å². The first-order valence-electron chi connectivity index (χ1n) is 15.1. The average Bonchev–Trinajstić information content (AvgIpc) is 3.40. The molecule has 0 saturated carbocycles. The normalized spacial score (nSPS) is 19.6. The van der Waals surface area contributed by atoms with E-state index in [0.717, 1.165) is 26.3 Å². The first-order chi connectivity index (χ1) is 16.3. The standard InChI is InChI=1S/C9H19N.C8H17NO.C8H17N.3C2H6/c1-9(2,3)10-7-5-4-6-8-10;1-8(2,3)9-4-6-10-7-5-9;1-8(2,3)9-6-4-5-7-9;3*1-2/h4-8H2,1-3H3;4-7H2,1-3H3;4-7H2,1-3H3;3*1-2H3. The summed E-state index contributed by atoms with van der Waals surface area (Å²) >= 11 is 0. The number of morpholine rings is 1. The SMILES string of the molecule is CC.CC.CC.CC(C)(C)N1CCCC1.CC(C)(C)N1CCCCC1.CC(C)(C)N1CCOCC1. The lowest BCUT2D eigenvalue weighted by molar-refractivity contribution is -0.00389. The Morgan fingerprint density at radius 3 is 0.800 bits per heavy atom. The molecule has 0 atom stereocenters. The molecule has 3 rings (SSSR count). The summed E-state index contributed by atoms with van der Waals surface area (Å²) < 4.78 is 5.25. The van der Waals surface area contributed by atoms with E-state index >= 15 is 0 Å². The van der Waals surface area contributed by atoms with Crippen molar-refractivity contribution in [2.75, 3.05) is 52.5 Å². The molecule has 0 aliphatic carbocycles. The molecule has 0 radical (unpaired) electrons. The summed E-state index contributed by atoms with van der Waals surface area (Å²) in [5.74, 6) is 0. The molecule has 4 heteroatoms. The van der Waals surface area contributed by atoms with Crippen LogP contribution in [0.2, 0.25) is 0 Å². The number of nitrogens with zero attached hydrogens (tertiary/aromatic N) is 3. The summed E-state index contributed by atoms with van der Waals surface area (Å²) in [6.45, 7) is 41.7. The lowest BCUT2D eigenvalue weighted by atomic mass is 10.0. The van der Waals surface area contributed by atoms with Gasteiger partial charge in [0.05, 0.1) is 13.2 Å². The molecule has 0 bridgehead atoms. The molecule has 3 fully saturated rings. The molecule has 0 spiro atoms. The summed E-state index contributed by atoms with van der Waals surface area (Å²) in [7, 11) is 0. The molecule has 35 heavy (non-hydrogen) atoms. The fraction of sp³-hybridized carbons (Fsp3) is 1.00. The second-order valence-electron chi connectivity index (χ2n) is 11.9. The zero-order valence-corrected chi connectivity index (χ0v) is 27.4. The van der Waals surface area contributed by atoms with Crippen LogP contribution in [0.15, 0.2) is 0 Å². The van der Waals surface area contributed by atoms with E-state index in [-0.39, 0.29) is 0 Å². The Balaban J connectivity index is -0.000000396. The quantitative estimate of drug-likeness (QED) is 0.332. The van der Waals surface area contributed by atoms with Crippen molar-refractivity contribution in [2.24, 2.45) is 0 Å². The third-order valence-corrected chi connectivity index (χ3v) is 6.32. The van der Waals surface area contributed by atoms with Gasteiger partial charge in [-0.1, -0.05) is 48.0 Å². The van der Waals surface area contributed by atoms with Crippen LogP contribution in [0.1, 0.15) is 136 Å². The van der Waals surface area contributed by atoms with Gasteiger partial charge in [-0.2, -0.15) is 0 Å². The molecule has 0 amide bonds. The predicted molar refractivity (Wildman–Crippen MR) is 162 cm³/mol. The Morgan fingerprint density at radius 1 is 0.371 bits per heavy atom. The van der Waals surface area contributed by atoms with Gasteiger partial charge in [0.15, 0.2) is 0 Å². The molecule has 3 heterocycles. The van der Waals surface area contributed by atoms with Crippen LogP contribution in [-0.2, 0) is 4.74 Å². The van der Waals surface area contributed by atoms with Crippen LogP contribution in [0.25, 0.3) is 0 Å². The third kappa shape index (κ3) is 20.6. The molecule has 0 aromatic rings. The van der Waals surface area contributed by atoms with Gasteiger partial charge in [0.2, 0.25) is 0 Å². The Bertz CT molecular complexity index is 386. The van der Waals surface area contributed by atoms with Gasteiger partial charge in [-0.25, -0.2) is 0 Å². The molecule has 3 aliphatic rings. The van der Waals surface area contributed by atoms with E-state index in [9.17, 15) is 0 Å². The molecule has 0 unspecified atom stereocenters. The van der Waals surface area contributed by atoms with Crippen LogP contribution >= 0.6 is 0 Å². The summed E-state index contributed by atoms with van der Waals surface area (Å²) in [5.41, 5.74) is 1.14. The Hall–Kier alpha value is -0.160. The van der Waals surface area contributed by atoms with E-state index in [0.29, 0.717) is 16.6 Å². The number of hydrogen-bond donors (Lipinski definition) is 0. The van der Waals surface area contributed by atoms with E-state index in [1.54, 1.807) is 0 Å². The smallest absolute Gasteiger partial charge is 0.0594 e. The van der Waals surface area contributed by atoms with Crippen LogP contribution in [0.3, 0.4) is 0 Å². The molecule has 0 aromatic carbocycles. The summed E-state index contributed by atoms with van der Waals surface area (Å²) in [5, 5.41) is 0. The minimum absolute atomic E-state index is 0.323. The van der Waals surface area contributed by atoms with Gasteiger partial charge in [-0.05, 0) is 114 Å². The molecule has 3 saturated heterocycles. The first kappa shape index (κ1) is 39.4. The van der Waals surface area contributed by atoms with Gasteiger partial charge in [0.1, 0.15) is 0 Å². The van der Waals surface area contributed by atoms with Crippen molar-refractivity contribution in [3.63, 3.8) is 0 Å². The Kier molecular flexibility index (Phi) is 24.6. The van der Waals surface area contributed by atoms with E-state index in [1.165, 1.54) is 58.3 Å². The maximum atomic E-state index is 5.25.